The third-order valence-electron chi connectivity index (χ3n) is 3.42. The van der Waals surface area contributed by atoms with E-state index in [4.69, 9.17) is 0 Å². The van der Waals surface area contributed by atoms with E-state index in [1.807, 2.05) is 24.4 Å². The van der Waals surface area contributed by atoms with Gasteiger partial charge in [0, 0.05) is 19.0 Å². The quantitative estimate of drug-likeness (QED) is 0.761. The van der Waals surface area contributed by atoms with Crippen LogP contribution < -0.4 is 16.6 Å². The maximum absolute atomic E-state index is 12.1. The summed E-state index contributed by atoms with van der Waals surface area (Å²) in [5, 5.41) is 5.21. The molecule has 1 atom stereocenters. The van der Waals surface area contributed by atoms with E-state index >= 15 is 0 Å². The minimum atomic E-state index is -0.392. The number of fused-ring (bicyclic) bond motifs is 1. The van der Waals surface area contributed by atoms with Crippen molar-refractivity contribution in [1.82, 2.24) is 19.1 Å². The fourth-order valence-electron chi connectivity index (χ4n) is 2.21. The Morgan fingerprint density at radius 3 is 2.76 bits per heavy atom. The molecule has 3 aromatic rings. The number of aromatic nitrogens is 4. The second-order valence-corrected chi connectivity index (χ2v) is 5.85. The van der Waals surface area contributed by atoms with Gasteiger partial charge in [-0.2, -0.15) is 4.98 Å². The van der Waals surface area contributed by atoms with Crippen LogP contribution in [-0.2, 0) is 14.1 Å². The van der Waals surface area contributed by atoms with E-state index in [9.17, 15) is 9.59 Å². The molecule has 0 aliphatic heterocycles. The van der Waals surface area contributed by atoms with Gasteiger partial charge in [0.2, 0.25) is 5.95 Å². The van der Waals surface area contributed by atoms with Gasteiger partial charge in [-0.05, 0) is 18.4 Å². The van der Waals surface area contributed by atoms with E-state index in [0.29, 0.717) is 17.1 Å². The van der Waals surface area contributed by atoms with Gasteiger partial charge >= 0.3 is 5.69 Å². The Morgan fingerprint density at radius 1 is 1.33 bits per heavy atom. The number of nitrogens with zero attached hydrogens (tertiary/aromatic N) is 3. The fraction of sp³-hybridized carbons (Fsp3) is 0.308. The lowest BCUT2D eigenvalue weighted by atomic mass is 10.3. The highest BCUT2D eigenvalue weighted by molar-refractivity contribution is 7.10. The van der Waals surface area contributed by atoms with Gasteiger partial charge in [0.1, 0.15) is 0 Å². The lowest BCUT2D eigenvalue weighted by Crippen LogP contribution is -2.36. The lowest BCUT2D eigenvalue weighted by Gasteiger charge is -2.10. The summed E-state index contributed by atoms with van der Waals surface area (Å²) in [6.45, 7) is 2.01. The summed E-state index contributed by atoms with van der Waals surface area (Å²) >= 11 is 1.64. The molecule has 3 aromatic heterocycles. The van der Waals surface area contributed by atoms with Crippen LogP contribution in [0.1, 0.15) is 17.8 Å². The second kappa shape index (κ2) is 4.88. The van der Waals surface area contributed by atoms with Gasteiger partial charge in [0.05, 0.1) is 6.04 Å². The fourth-order valence-corrected chi connectivity index (χ4v) is 2.94. The summed E-state index contributed by atoms with van der Waals surface area (Å²) < 4.78 is 2.42. The molecule has 0 amide bonds. The molecule has 0 saturated heterocycles. The molecule has 0 aliphatic carbocycles. The minimum absolute atomic E-state index is 0.0615. The Hall–Kier alpha value is -2.35. The van der Waals surface area contributed by atoms with Crippen molar-refractivity contribution in [3.63, 3.8) is 0 Å². The molecule has 21 heavy (non-hydrogen) atoms. The standard InChI is InChI=1S/C13H15N5O2S/c1-7(8-5-4-6-21-8)14-12-15-9-10(16-12)17(2)13(20)18(3)11(9)19/h4-7H,1-3H3,(H2,14,15,16). The molecule has 0 saturated carbocycles. The van der Waals surface area contributed by atoms with E-state index in [2.05, 4.69) is 15.3 Å². The summed E-state index contributed by atoms with van der Waals surface area (Å²) in [4.78, 5) is 32.4. The van der Waals surface area contributed by atoms with Crippen LogP contribution in [0.5, 0.6) is 0 Å². The van der Waals surface area contributed by atoms with Crippen molar-refractivity contribution in [3.05, 3.63) is 43.2 Å². The molecule has 3 rings (SSSR count). The first-order valence-corrected chi connectivity index (χ1v) is 7.32. The number of rotatable bonds is 3. The molecule has 0 aliphatic rings. The summed E-state index contributed by atoms with van der Waals surface area (Å²) in [7, 11) is 3.05. The number of aromatic amines is 1. The van der Waals surface area contributed by atoms with E-state index in [0.717, 1.165) is 9.44 Å². The number of hydrogen-bond acceptors (Lipinski definition) is 5. The molecule has 3 heterocycles. The number of nitrogens with one attached hydrogen (secondary N) is 2. The maximum Gasteiger partial charge on any atom is 0.332 e. The molecular formula is C13H15N5O2S. The first kappa shape index (κ1) is 13.6. The topological polar surface area (TPSA) is 84.7 Å². The Kier molecular flexibility index (Phi) is 3.17. The smallest absolute Gasteiger partial charge is 0.332 e. The summed E-state index contributed by atoms with van der Waals surface area (Å²) in [5.74, 6) is 0.476. The van der Waals surface area contributed by atoms with Gasteiger partial charge in [-0.1, -0.05) is 6.07 Å². The zero-order valence-electron chi connectivity index (χ0n) is 11.9. The van der Waals surface area contributed by atoms with Crippen LogP contribution in [0.2, 0.25) is 0 Å². The van der Waals surface area contributed by atoms with Crippen LogP contribution >= 0.6 is 11.3 Å². The van der Waals surface area contributed by atoms with Crippen molar-refractivity contribution in [2.24, 2.45) is 14.1 Å². The predicted octanol–water partition coefficient (Wildman–Crippen LogP) is 1.19. The molecule has 2 N–H and O–H groups in total. The van der Waals surface area contributed by atoms with Crippen LogP contribution in [0, 0.1) is 0 Å². The molecule has 7 nitrogen and oxygen atoms in total. The van der Waals surface area contributed by atoms with E-state index < -0.39 is 5.69 Å². The first-order valence-electron chi connectivity index (χ1n) is 6.44. The van der Waals surface area contributed by atoms with Crippen LogP contribution in [0.3, 0.4) is 0 Å². The SMILES string of the molecule is CC(Nc1nc2c([nH]1)c(=O)n(C)c(=O)n2C)c1cccs1. The highest BCUT2D eigenvalue weighted by Gasteiger charge is 2.15. The molecule has 0 fully saturated rings. The number of imidazole rings is 1. The molecule has 0 radical (unpaired) electrons. The van der Waals surface area contributed by atoms with Gasteiger partial charge in [-0.25, -0.2) is 4.79 Å². The van der Waals surface area contributed by atoms with Gasteiger partial charge in [0.25, 0.3) is 5.56 Å². The van der Waals surface area contributed by atoms with E-state index in [-0.39, 0.29) is 11.6 Å². The van der Waals surface area contributed by atoms with Gasteiger partial charge in [0.15, 0.2) is 11.2 Å². The van der Waals surface area contributed by atoms with E-state index in [1.54, 1.807) is 18.4 Å². The van der Waals surface area contributed by atoms with Crippen molar-refractivity contribution < 1.29 is 0 Å². The Labute approximate surface area is 123 Å². The third-order valence-corrected chi connectivity index (χ3v) is 4.47. The Bertz CT molecular complexity index is 903. The largest absolute Gasteiger partial charge is 0.348 e. The average Bonchev–Trinajstić information content (AvgIpc) is 3.12. The first-order chi connectivity index (χ1) is 9.99. The maximum atomic E-state index is 12.1. The highest BCUT2D eigenvalue weighted by Crippen LogP contribution is 2.22. The number of aryl methyl sites for hydroxylation is 1. The highest BCUT2D eigenvalue weighted by atomic mass is 32.1. The molecule has 1 unspecified atom stereocenters. The van der Waals surface area contributed by atoms with Crippen LogP contribution in [0.4, 0.5) is 5.95 Å². The average molecular weight is 305 g/mol. The third kappa shape index (κ3) is 2.17. The Morgan fingerprint density at radius 2 is 2.10 bits per heavy atom. The zero-order valence-corrected chi connectivity index (χ0v) is 12.7. The zero-order chi connectivity index (χ0) is 15.1. The monoisotopic (exact) mass is 305 g/mol. The number of anilines is 1. The summed E-state index contributed by atoms with van der Waals surface area (Å²) in [6.07, 6.45) is 0. The van der Waals surface area contributed by atoms with Crippen molar-refractivity contribution >= 4 is 28.4 Å². The number of hydrogen-bond donors (Lipinski definition) is 2. The number of thiophene rings is 1. The predicted molar refractivity (Wildman–Crippen MR) is 82.9 cm³/mol. The molecule has 110 valence electrons. The van der Waals surface area contributed by atoms with Crippen molar-refractivity contribution in [1.29, 1.82) is 0 Å². The van der Waals surface area contributed by atoms with Gasteiger partial charge in [-0.15, -0.1) is 11.3 Å². The molecular weight excluding hydrogens is 290 g/mol. The second-order valence-electron chi connectivity index (χ2n) is 4.87. The van der Waals surface area contributed by atoms with Crippen LogP contribution in [0.25, 0.3) is 11.2 Å². The lowest BCUT2D eigenvalue weighted by molar-refractivity contribution is 0.709. The number of H-pyrrole nitrogens is 1. The molecule has 0 aromatic carbocycles. The van der Waals surface area contributed by atoms with Crippen LogP contribution in [0.15, 0.2) is 27.1 Å². The summed E-state index contributed by atoms with van der Waals surface area (Å²) in [6, 6.07) is 4.07. The molecule has 8 heteroatoms. The normalized spacial score (nSPS) is 12.7. The molecule has 0 spiro atoms. The van der Waals surface area contributed by atoms with Crippen LogP contribution in [-0.4, -0.2) is 19.1 Å². The Balaban J connectivity index is 2.06. The van der Waals surface area contributed by atoms with E-state index in [1.165, 1.54) is 11.6 Å². The van der Waals surface area contributed by atoms with Gasteiger partial charge < -0.3 is 10.3 Å². The van der Waals surface area contributed by atoms with Crippen molar-refractivity contribution in [3.8, 4) is 0 Å². The molecule has 0 bridgehead atoms. The van der Waals surface area contributed by atoms with Gasteiger partial charge in [-0.3, -0.25) is 13.9 Å². The summed E-state index contributed by atoms with van der Waals surface area (Å²) in [5.41, 5.74) is -0.0984. The van der Waals surface area contributed by atoms with Crippen molar-refractivity contribution in [2.75, 3.05) is 5.32 Å². The minimum Gasteiger partial charge on any atom is -0.348 e. The van der Waals surface area contributed by atoms with Crippen molar-refractivity contribution in [2.45, 2.75) is 13.0 Å².